The second kappa shape index (κ2) is 5.65. The zero-order valence-electron chi connectivity index (χ0n) is 8.53. The maximum absolute atomic E-state index is 10.9. The highest BCUT2D eigenvalue weighted by molar-refractivity contribution is 7.47. The van der Waals surface area contributed by atoms with Crippen LogP contribution in [-0.2, 0) is 25.0 Å². The number of carbonyl (C=O) groups excluding carboxylic acids is 1. The molecule has 0 aliphatic rings. The van der Waals surface area contributed by atoms with Crippen LogP contribution in [0.1, 0.15) is 5.56 Å². The lowest BCUT2D eigenvalue weighted by atomic mass is 10.2. The van der Waals surface area contributed by atoms with Crippen LogP contribution in [0.5, 0.6) is 0 Å². The summed E-state index contributed by atoms with van der Waals surface area (Å²) in [4.78, 5) is 19.7. The molecular formula is C9H11O6P. The third-order valence-corrected chi connectivity index (χ3v) is 2.46. The Morgan fingerprint density at radius 3 is 2.56 bits per heavy atom. The topological polar surface area (TPSA) is 82.1 Å². The predicted molar refractivity (Wildman–Crippen MR) is 54.5 cm³/mol. The Balaban J connectivity index is 2.40. The van der Waals surface area contributed by atoms with E-state index in [0.717, 1.165) is 12.7 Å². The van der Waals surface area contributed by atoms with Crippen LogP contribution in [-0.4, -0.2) is 18.2 Å². The number of rotatable bonds is 4. The van der Waals surface area contributed by atoms with Gasteiger partial charge in [-0.3, -0.25) is 9.42 Å². The summed E-state index contributed by atoms with van der Waals surface area (Å²) in [5.74, 6) is 0. The summed E-state index contributed by atoms with van der Waals surface area (Å²) in [5, 5.41) is 0. The lowest BCUT2D eigenvalue weighted by Crippen LogP contribution is -2.06. The Bertz CT molecular complexity index is 390. The molecule has 0 aliphatic carbocycles. The fraction of sp³-hybridized carbons (Fsp3) is 0.222. The van der Waals surface area contributed by atoms with Crippen LogP contribution in [0.15, 0.2) is 30.3 Å². The number of phosphoric ester groups is 1. The Labute approximate surface area is 92.4 Å². The molecule has 0 bridgehead atoms. The molecule has 1 rings (SSSR count). The summed E-state index contributed by atoms with van der Waals surface area (Å²) in [6, 6.07) is 8.84. The Kier molecular flexibility index (Phi) is 4.49. The van der Waals surface area contributed by atoms with Crippen molar-refractivity contribution in [2.45, 2.75) is 6.61 Å². The van der Waals surface area contributed by atoms with Crippen LogP contribution >= 0.6 is 7.82 Å². The largest absolute Gasteiger partial charge is 0.531 e. The van der Waals surface area contributed by atoms with Gasteiger partial charge in [-0.25, -0.2) is 9.36 Å². The smallest absolute Gasteiger partial charge is 0.429 e. The monoisotopic (exact) mass is 246 g/mol. The SMILES string of the molecule is COP(=O)(O)OC(=O)OCc1ccccc1. The molecule has 0 aromatic heterocycles. The summed E-state index contributed by atoms with van der Waals surface area (Å²) in [6.07, 6.45) is -1.25. The molecule has 1 aromatic carbocycles. The van der Waals surface area contributed by atoms with E-state index in [-0.39, 0.29) is 6.61 Å². The lowest BCUT2D eigenvalue weighted by Gasteiger charge is -2.08. The summed E-state index contributed by atoms with van der Waals surface area (Å²) in [6.45, 7) is -0.0383. The third-order valence-electron chi connectivity index (χ3n) is 1.62. The van der Waals surface area contributed by atoms with Crippen molar-refractivity contribution in [1.82, 2.24) is 0 Å². The van der Waals surface area contributed by atoms with Crippen LogP contribution in [0.4, 0.5) is 4.79 Å². The van der Waals surface area contributed by atoms with Crippen molar-refractivity contribution in [1.29, 1.82) is 0 Å². The number of benzene rings is 1. The molecule has 1 aromatic rings. The van der Waals surface area contributed by atoms with Crippen LogP contribution in [0.2, 0.25) is 0 Å². The van der Waals surface area contributed by atoms with E-state index in [0.29, 0.717) is 0 Å². The van der Waals surface area contributed by atoms with Crippen LogP contribution in [0.3, 0.4) is 0 Å². The molecule has 16 heavy (non-hydrogen) atoms. The molecule has 0 spiro atoms. The van der Waals surface area contributed by atoms with Crippen molar-refractivity contribution < 1.29 is 28.0 Å². The van der Waals surface area contributed by atoms with Gasteiger partial charge in [0.25, 0.3) is 0 Å². The lowest BCUT2D eigenvalue weighted by molar-refractivity contribution is 0.0770. The average Bonchev–Trinajstić information content (AvgIpc) is 2.27. The zero-order chi connectivity index (χ0) is 12.0. The molecule has 1 unspecified atom stereocenters. The summed E-state index contributed by atoms with van der Waals surface area (Å²) in [7, 11) is -3.38. The quantitative estimate of drug-likeness (QED) is 0.647. The maximum atomic E-state index is 10.9. The van der Waals surface area contributed by atoms with Gasteiger partial charge in [0.05, 0.1) is 0 Å². The van der Waals surface area contributed by atoms with E-state index < -0.39 is 14.0 Å². The highest BCUT2D eigenvalue weighted by Gasteiger charge is 2.25. The maximum Gasteiger partial charge on any atom is 0.531 e. The minimum atomic E-state index is -4.33. The van der Waals surface area contributed by atoms with Crippen molar-refractivity contribution in [3.05, 3.63) is 35.9 Å². The van der Waals surface area contributed by atoms with Gasteiger partial charge in [0.15, 0.2) is 0 Å². The van der Waals surface area contributed by atoms with Crippen molar-refractivity contribution in [3.63, 3.8) is 0 Å². The van der Waals surface area contributed by atoms with Crippen molar-refractivity contribution in [3.8, 4) is 0 Å². The van der Waals surface area contributed by atoms with Gasteiger partial charge in [0.2, 0.25) is 0 Å². The molecule has 0 amide bonds. The van der Waals surface area contributed by atoms with E-state index in [9.17, 15) is 9.36 Å². The first-order chi connectivity index (χ1) is 7.53. The number of hydrogen-bond donors (Lipinski definition) is 1. The van der Waals surface area contributed by atoms with Crippen LogP contribution < -0.4 is 0 Å². The number of carbonyl (C=O) groups is 1. The molecule has 1 atom stereocenters. The highest BCUT2D eigenvalue weighted by Crippen LogP contribution is 2.42. The van der Waals surface area contributed by atoms with Gasteiger partial charge in [-0.1, -0.05) is 30.3 Å². The third kappa shape index (κ3) is 4.44. The van der Waals surface area contributed by atoms with Crippen molar-refractivity contribution >= 4 is 14.0 Å². The predicted octanol–water partition coefficient (Wildman–Crippen LogP) is 2.09. The van der Waals surface area contributed by atoms with Crippen LogP contribution in [0.25, 0.3) is 0 Å². The molecular weight excluding hydrogens is 235 g/mol. The zero-order valence-corrected chi connectivity index (χ0v) is 9.42. The first-order valence-corrected chi connectivity index (χ1v) is 5.82. The minimum absolute atomic E-state index is 0.0383. The molecule has 7 heteroatoms. The normalized spacial score (nSPS) is 13.9. The van der Waals surface area contributed by atoms with E-state index in [2.05, 4.69) is 13.8 Å². The second-order valence-corrected chi connectivity index (χ2v) is 4.25. The van der Waals surface area contributed by atoms with Gasteiger partial charge < -0.3 is 9.26 Å². The molecule has 0 radical (unpaired) electrons. The Morgan fingerprint density at radius 2 is 2.00 bits per heavy atom. The van der Waals surface area contributed by atoms with Gasteiger partial charge in [-0.15, -0.1) is 0 Å². The molecule has 0 fully saturated rings. The first kappa shape index (κ1) is 12.7. The fourth-order valence-corrected chi connectivity index (χ4v) is 1.19. The Morgan fingerprint density at radius 1 is 1.38 bits per heavy atom. The molecule has 0 saturated carbocycles. The summed E-state index contributed by atoms with van der Waals surface area (Å²) < 4.78 is 23.5. The molecule has 6 nitrogen and oxygen atoms in total. The molecule has 88 valence electrons. The standard InChI is InChI=1S/C9H11O6P/c1-13-16(11,12)15-9(10)14-7-8-5-3-2-4-6-8/h2-6H,7H2,1H3,(H,11,12). The van der Waals surface area contributed by atoms with Gasteiger partial charge >= 0.3 is 14.0 Å². The van der Waals surface area contributed by atoms with E-state index in [1.165, 1.54) is 0 Å². The van der Waals surface area contributed by atoms with E-state index in [1.54, 1.807) is 24.3 Å². The molecule has 0 aliphatic heterocycles. The van der Waals surface area contributed by atoms with E-state index in [1.807, 2.05) is 6.07 Å². The fourth-order valence-electron chi connectivity index (χ4n) is 0.874. The van der Waals surface area contributed by atoms with E-state index in [4.69, 9.17) is 4.89 Å². The summed E-state index contributed by atoms with van der Waals surface area (Å²) in [5.41, 5.74) is 0.740. The molecule has 1 N–H and O–H groups in total. The van der Waals surface area contributed by atoms with Crippen molar-refractivity contribution in [2.75, 3.05) is 7.11 Å². The minimum Gasteiger partial charge on any atom is -0.429 e. The molecule has 0 saturated heterocycles. The number of phosphoric acid groups is 1. The molecule has 0 heterocycles. The van der Waals surface area contributed by atoms with Crippen LogP contribution in [0, 0.1) is 0 Å². The number of hydrogen-bond acceptors (Lipinski definition) is 5. The Hall–Kier alpha value is -1.36. The highest BCUT2D eigenvalue weighted by atomic mass is 31.2. The van der Waals surface area contributed by atoms with Crippen molar-refractivity contribution in [2.24, 2.45) is 0 Å². The second-order valence-electron chi connectivity index (χ2n) is 2.77. The first-order valence-electron chi connectivity index (χ1n) is 4.32. The average molecular weight is 246 g/mol. The number of ether oxygens (including phenoxy) is 1. The van der Waals surface area contributed by atoms with E-state index >= 15 is 0 Å². The van der Waals surface area contributed by atoms with Gasteiger partial charge in [0.1, 0.15) is 6.61 Å². The van der Waals surface area contributed by atoms with Gasteiger partial charge in [0, 0.05) is 7.11 Å². The summed E-state index contributed by atoms with van der Waals surface area (Å²) >= 11 is 0. The van der Waals surface area contributed by atoms with Gasteiger partial charge in [-0.05, 0) is 5.56 Å². The van der Waals surface area contributed by atoms with Gasteiger partial charge in [-0.2, -0.15) is 0 Å².